The fourth-order valence-electron chi connectivity index (χ4n) is 1.66. The lowest BCUT2D eigenvalue weighted by molar-refractivity contribution is 0.560. The molecule has 0 amide bonds. The van der Waals surface area contributed by atoms with Gasteiger partial charge in [0.25, 0.3) is 0 Å². The minimum Gasteiger partial charge on any atom is -0.348 e. The molecule has 0 atom stereocenters. The van der Waals surface area contributed by atoms with Crippen molar-refractivity contribution in [2.45, 2.75) is 53.0 Å². The van der Waals surface area contributed by atoms with Gasteiger partial charge in [-0.15, -0.1) is 0 Å². The van der Waals surface area contributed by atoms with Gasteiger partial charge in [-0.1, -0.05) is 20.8 Å². The maximum absolute atomic E-state index is 2.39. The van der Waals surface area contributed by atoms with E-state index in [2.05, 4.69) is 51.4 Å². The normalized spacial score (nSPS) is 11.6. The molecule has 1 heteroatoms. The number of rotatable bonds is 3. The third-order valence-corrected chi connectivity index (χ3v) is 2.49. The molecule has 1 rings (SSSR count). The summed E-state index contributed by atoms with van der Waals surface area (Å²) in [6.45, 7) is 11.2. The molecule has 1 aromatic rings. The fraction of sp³-hybridized carbons (Fsp3) is 0.667. The first-order valence-electron chi connectivity index (χ1n) is 5.26. The highest BCUT2D eigenvalue weighted by Crippen LogP contribution is 2.22. The van der Waals surface area contributed by atoms with Crippen molar-refractivity contribution in [1.29, 1.82) is 0 Å². The molecule has 0 N–H and O–H groups in total. The van der Waals surface area contributed by atoms with Gasteiger partial charge in [-0.25, -0.2) is 0 Å². The average molecular weight is 179 g/mol. The zero-order valence-electron chi connectivity index (χ0n) is 9.46. The molecule has 74 valence electrons. The lowest BCUT2D eigenvalue weighted by atomic mass is 10.1. The van der Waals surface area contributed by atoms with Crippen LogP contribution >= 0.6 is 0 Å². The van der Waals surface area contributed by atoms with E-state index < -0.39 is 0 Å². The van der Waals surface area contributed by atoms with Crippen LogP contribution in [0.5, 0.6) is 0 Å². The molecule has 0 aliphatic heterocycles. The van der Waals surface area contributed by atoms with E-state index in [4.69, 9.17) is 0 Å². The molecule has 0 saturated carbocycles. The Balaban J connectivity index is 3.08. The number of hydrogen-bond donors (Lipinski definition) is 0. The van der Waals surface area contributed by atoms with Gasteiger partial charge >= 0.3 is 0 Å². The van der Waals surface area contributed by atoms with Crippen LogP contribution in [0.1, 0.15) is 57.8 Å². The summed E-state index contributed by atoms with van der Waals surface area (Å²) in [6, 6.07) is 2.92. The Morgan fingerprint density at radius 2 is 1.85 bits per heavy atom. The maximum atomic E-state index is 2.39. The molecule has 0 aliphatic rings. The van der Waals surface area contributed by atoms with E-state index in [1.54, 1.807) is 0 Å². The first kappa shape index (κ1) is 10.4. The predicted molar refractivity (Wildman–Crippen MR) is 58.3 cm³/mol. The Bertz CT molecular complexity index is 243. The molecular formula is C12H21N. The van der Waals surface area contributed by atoms with Crippen molar-refractivity contribution in [3.63, 3.8) is 0 Å². The van der Waals surface area contributed by atoms with Crippen molar-refractivity contribution in [1.82, 2.24) is 4.57 Å². The van der Waals surface area contributed by atoms with E-state index in [0.29, 0.717) is 12.0 Å². The van der Waals surface area contributed by atoms with E-state index >= 15 is 0 Å². The molecule has 1 nitrogen and oxygen atoms in total. The topological polar surface area (TPSA) is 4.93 Å². The highest BCUT2D eigenvalue weighted by atomic mass is 15.0. The van der Waals surface area contributed by atoms with Crippen LogP contribution in [0.4, 0.5) is 0 Å². The molecule has 0 aliphatic carbocycles. The third kappa shape index (κ3) is 2.15. The first-order valence-corrected chi connectivity index (χ1v) is 5.26. The van der Waals surface area contributed by atoms with Gasteiger partial charge in [-0.2, -0.15) is 0 Å². The van der Waals surface area contributed by atoms with Crippen LogP contribution in [0.15, 0.2) is 12.3 Å². The Morgan fingerprint density at radius 3 is 2.15 bits per heavy atom. The van der Waals surface area contributed by atoms with E-state index in [1.807, 2.05) is 0 Å². The Kier molecular flexibility index (Phi) is 3.18. The molecule has 1 aromatic heterocycles. The van der Waals surface area contributed by atoms with Crippen molar-refractivity contribution >= 4 is 0 Å². The summed E-state index contributed by atoms with van der Waals surface area (Å²) < 4.78 is 2.39. The van der Waals surface area contributed by atoms with E-state index in [9.17, 15) is 0 Å². The summed E-state index contributed by atoms with van der Waals surface area (Å²) in [4.78, 5) is 0. The molecule has 0 fully saturated rings. The number of hydrogen-bond acceptors (Lipinski definition) is 0. The van der Waals surface area contributed by atoms with Crippen molar-refractivity contribution < 1.29 is 0 Å². The van der Waals surface area contributed by atoms with Crippen LogP contribution in [0.2, 0.25) is 0 Å². The summed E-state index contributed by atoms with van der Waals surface area (Å²) in [5, 5.41) is 0. The Hall–Kier alpha value is -0.720. The van der Waals surface area contributed by atoms with E-state index in [0.717, 1.165) is 6.42 Å². The Morgan fingerprint density at radius 1 is 1.23 bits per heavy atom. The van der Waals surface area contributed by atoms with Gasteiger partial charge in [-0.3, -0.25) is 0 Å². The van der Waals surface area contributed by atoms with Crippen molar-refractivity contribution in [2.24, 2.45) is 0 Å². The largest absolute Gasteiger partial charge is 0.348 e. The van der Waals surface area contributed by atoms with E-state index in [-0.39, 0.29) is 0 Å². The number of aryl methyl sites for hydroxylation is 1. The highest BCUT2D eigenvalue weighted by molar-refractivity contribution is 5.21. The second-order valence-electron chi connectivity index (χ2n) is 4.28. The van der Waals surface area contributed by atoms with Gasteiger partial charge in [-0.05, 0) is 37.8 Å². The van der Waals surface area contributed by atoms with Crippen LogP contribution < -0.4 is 0 Å². The van der Waals surface area contributed by atoms with Gasteiger partial charge in [0.1, 0.15) is 0 Å². The molecule has 0 aromatic carbocycles. The molecule has 0 unspecified atom stereocenters. The standard InChI is InChI=1S/C12H21N/c1-6-11-7-12(9(2)3)13(8-11)10(4)5/h7-10H,6H2,1-5H3. The molecule has 13 heavy (non-hydrogen) atoms. The smallest absolute Gasteiger partial charge is 0.0277 e. The van der Waals surface area contributed by atoms with Crippen molar-refractivity contribution in [3.05, 3.63) is 23.5 Å². The summed E-state index contributed by atoms with van der Waals surface area (Å²) >= 11 is 0. The summed E-state index contributed by atoms with van der Waals surface area (Å²) in [5.74, 6) is 0.628. The first-order chi connectivity index (χ1) is 6.06. The van der Waals surface area contributed by atoms with Crippen molar-refractivity contribution in [2.75, 3.05) is 0 Å². The SMILES string of the molecule is CCc1cc(C(C)C)n(C(C)C)c1. The lowest BCUT2D eigenvalue weighted by Gasteiger charge is -2.14. The minimum atomic E-state index is 0.581. The summed E-state index contributed by atoms with van der Waals surface area (Å²) in [5.41, 5.74) is 2.92. The Labute approximate surface area is 81.8 Å². The molecule has 0 spiro atoms. The quantitative estimate of drug-likeness (QED) is 0.666. The van der Waals surface area contributed by atoms with Crippen LogP contribution in [0, 0.1) is 0 Å². The van der Waals surface area contributed by atoms with Crippen LogP contribution in [0.25, 0.3) is 0 Å². The van der Waals surface area contributed by atoms with Crippen LogP contribution in [-0.2, 0) is 6.42 Å². The molecule has 1 heterocycles. The summed E-state index contributed by atoms with van der Waals surface area (Å²) in [6.07, 6.45) is 3.43. The van der Waals surface area contributed by atoms with Gasteiger partial charge < -0.3 is 4.57 Å². The second-order valence-corrected chi connectivity index (χ2v) is 4.28. The van der Waals surface area contributed by atoms with Gasteiger partial charge in [0.05, 0.1) is 0 Å². The molecule has 0 bridgehead atoms. The summed E-state index contributed by atoms with van der Waals surface area (Å²) in [7, 11) is 0. The second kappa shape index (κ2) is 3.99. The third-order valence-electron chi connectivity index (χ3n) is 2.49. The van der Waals surface area contributed by atoms with Gasteiger partial charge in [0, 0.05) is 17.9 Å². The number of aromatic nitrogens is 1. The fourth-order valence-corrected chi connectivity index (χ4v) is 1.66. The molecule has 0 saturated heterocycles. The van der Waals surface area contributed by atoms with Gasteiger partial charge in [0.15, 0.2) is 0 Å². The minimum absolute atomic E-state index is 0.581. The zero-order valence-corrected chi connectivity index (χ0v) is 9.46. The number of nitrogens with zero attached hydrogens (tertiary/aromatic N) is 1. The average Bonchev–Trinajstić information content (AvgIpc) is 2.47. The monoisotopic (exact) mass is 179 g/mol. The molecular weight excluding hydrogens is 158 g/mol. The zero-order chi connectivity index (χ0) is 10.0. The van der Waals surface area contributed by atoms with Crippen LogP contribution in [0.3, 0.4) is 0 Å². The molecule has 0 radical (unpaired) electrons. The maximum Gasteiger partial charge on any atom is 0.0277 e. The van der Waals surface area contributed by atoms with E-state index in [1.165, 1.54) is 11.3 Å². The predicted octanol–water partition coefficient (Wildman–Crippen LogP) is 3.75. The highest BCUT2D eigenvalue weighted by Gasteiger charge is 2.10. The van der Waals surface area contributed by atoms with Crippen molar-refractivity contribution in [3.8, 4) is 0 Å². The lowest BCUT2D eigenvalue weighted by Crippen LogP contribution is -2.05. The van der Waals surface area contributed by atoms with Crippen LogP contribution in [-0.4, -0.2) is 4.57 Å². The van der Waals surface area contributed by atoms with Gasteiger partial charge in [0.2, 0.25) is 0 Å².